The summed E-state index contributed by atoms with van der Waals surface area (Å²) in [4.78, 5) is 25.4. The van der Waals surface area contributed by atoms with E-state index in [2.05, 4.69) is 4.74 Å². The molecule has 1 amide bonds. The molecule has 0 fully saturated rings. The molecule has 0 aromatic rings. The Kier molecular flexibility index (Phi) is 11.1. The lowest BCUT2D eigenvalue weighted by Gasteiger charge is -2.26. The van der Waals surface area contributed by atoms with Crippen molar-refractivity contribution in [3.8, 4) is 0 Å². The largest absolute Gasteiger partial charge is 0.469 e. The second-order valence-electron chi connectivity index (χ2n) is 4.72. The van der Waals surface area contributed by atoms with Gasteiger partial charge in [-0.1, -0.05) is 13.8 Å². The molecule has 118 valence electrons. The number of hydrogen-bond acceptors (Lipinski definition) is 4. The maximum atomic E-state index is 12.4. The fourth-order valence-electron chi connectivity index (χ4n) is 2.06. The third-order valence-corrected chi connectivity index (χ3v) is 3.38. The molecule has 0 aliphatic carbocycles. The van der Waals surface area contributed by atoms with Crippen LogP contribution in [0.4, 0.5) is 0 Å². The van der Waals surface area contributed by atoms with Crippen molar-refractivity contribution in [1.29, 1.82) is 0 Å². The molecule has 0 aliphatic rings. The summed E-state index contributed by atoms with van der Waals surface area (Å²) in [6.45, 7) is 8.37. The zero-order chi connectivity index (χ0) is 15.4. The number of hydrogen-bond donors (Lipinski definition) is 0. The molecule has 0 radical (unpaired) electrons. The first-order valence-corrected chi connectivity index (χ1v) is 7.53. The highest BCUT2D eigenvalue weighted by Crippen LogP contribution is 2.13. The van der Waals surface area contributed by atoms with Gasteiger partial charge >= 0.3 is 5.97 Å². The van der Waals surface area contributed by atoms with Crippen LogP contribution < -0.4 is 0 Å². The van der Waals surface area contributed by atoms with Crippen LogP contribution >= 0.6 is 0 Å². The Morgan fingerprint density at radius 3 is 2.25 bits per heavy atom. The Morgan fingerprint density at radius 2 is 1.75 bits per heavy atom. The van der Waals surface area contributed by atoms with Crippen molar-refractivity contribution in [3.63, 3.8) is 0 Å². The molecule has 5 nitrogen and oxygen atoms in total. The van der Waals surface area contributed by atoms with Gasteiger partial charge in [0, 0.05) is 32.2 Å². The summed E-state index contributed by atoms with van der Waals surface area (Å²) in [6.07, 6.45) is 2.70. The number of esters is 1. The van der Waals surface area contributed by atoms with E-state index in [4.69, 9.17) is 4.74 Å². The Morgan fingerprint density at radius 1 is 1.10 bits per heavy atom. The summed E-state index contributed by atoms with van der Waals surface area (Å²) >= 11 is 0. The van der Waals surface area contributed by atoms with Crippen molar-refractivity contribution in [2.24, 2.45) is 5.92 Å². The Balaban J connectivity index is 4.43. The van der Waals surface area contributed by atoms with Crippen LogP contribution in [0.2, 0.25) is 0 Å². The molecule has 0 N–H and O–H groups in total. The van der Waals surface area contributed by atoms with Crippen LogP contribution in [-0.4, -0.2) is 50.2 Å². The number of methoxy groups -OCH3 is 1. The molecule has 0 saturated carbocycles. The van der Waals surface area contributed by atoms with Gasteiger partial charge in [0.25, 0.3) is 0 Å². The SMILES string of the molecule is CCOCCCN(CCC(=O)OC)C(=O)C(CC)CC. The number of rotatable bonds is 11. The van der Waals surface area contributed by atoms with E-state index in [1.807, 2.05) is 20.8 Å². The van der Waals surface area contributed by atoms with Crippen LogP contribution in [0.25, 0.3) is 0 Å². The molecule has 0 saturated heterocycles. The van der Waals surface area contributed by atoms with Gasteiger partial charge in [0.05, 0.1) is 13.5 Å². The average Bonchev–Trinajstić information content (AvgIpc) is 2.47. The van der Waals surface area contributed by atoms with Gasteiger partial charge in [0.1, 0.15) is 0 Å². The third kappa shape index (κ3) is 7.48. The highest BCUT2D eigenvalue weighted by Gasteiger charge is 2.21. The minimum atomic E-state index is -0.280. The van der Waals surface area contributed by atoms with Crippen molar-refractivity contribution in [3.05, 3.63) is 0 Å². The maximum absolute atomic E-state index is 12.4. The van der Waals surface area contributed by atoms with Crippen molar-refractivity contribution in [2.75, 3.05) is 33.4 Å². The molecule has 0 aromatic carbocycles. The van der Waals surface area contributed by atoms with Gasteiger partial charge in [-0.15, -0.1) is 0 Å². The molecule has 0 aliphatic heterocycles. The number of carbonyl (C=O) groups excluding carboxylic acids is 2. The smallest absolute Gasteiger partial charge is 0.307 e. The lowest BCUT2D eigenvalue weighted by molar-refractivity contribution is -0.142. The van der Waals surface area contributed by atoms with Gasteiger partial charge in [0.15, 0.2) is 0 Å². The number of ether oxygens (including phenoxy) is 2. The highest BCUT2D eigenvalue weighted by molar-refractivity contribution is 5.79. The second kappa shape index (κ2) is 11.7. The lowest BCUT2D eigenvalue weighted by atomic mass is 10.0. The van der Waals surface area contributed by atoms with Crippen LogP contribution in [-0.2, 0) is 19.1 Å². The molecule has 0 bridgehead atoms. The van der Waals surface area contributed by atoms with E-state index < -0.39 is 0 Å². The normalized spacial score (nSPS) is 10.7. The molecule has 0 heterocycles. The van der Waals surface area contributed by atoms with E-state index in [9.17, 15) is 9.59 Å². The van der Waals surface area contributed by atoms with Crippen LogP contribution in [0.5, 0.6) is 0 Å². The molecule has 0 atom stereocenters. The summed E-state index contributed by atoms with van der Waals surface area (Å²) < 4.78 is 9.93. The summed E-state index contributed by atoms with van der Waals surface area (Å²) in [5.41, 5.74) is 0. The number of carbonyl (C=O) groups is 2. The van der Waals surface area contributed by atoms with E-state index >= 15 is 0 Å². The summed E-state index contributed by atoms with van der Waals surface area (Å²) in [7, 11) is 1.37. The molecule has 20 heavy (non-hydrogen) atoms. The van der Waals surface area contributed by atoms with Crippen LogP contribution in [0.3, 0.4) is 0 Å². The zero-order valence-electron chi connectivity index (χ0n) is 13.3. The zero-order valence-corrected chi connectivity index (χ0v) is 13.3. The fourth-order valence-corrected chi connectivity index (χ4v) is 2.06. The van der Waals surface area contributed by atoms with E-state index in [-0.39, 0.29) is 24.2 Å². The van der Waals surface area contributed by atoms with E-state index in [0.29, 0.717) is 26.3 Å². The van der Waals surface area contributed by atoms with Gasteiger partial charge < -0.3 is 14.4 Å². The van der Waals surface area contributed by atoms with E-state index in [0.717, 1.165) is 19.3 Å². The predicted octanol–water partition coefficient (Wildman–Crippen LogP) is 2.24. The first-order valence-electron chi connectivity index (χ1n) is 7.53. The van der Waals surface area contributed by atoms with Crippen LogP contribution in [0, 0.1) is 5.92 Å². The van der Waals surface area contributed by atoms with Crippen molar-refractivity contribution in [2.45, 2.75) is 46.5 Å². The molecule has 0 unspecified atom stereocenters. The van der Waals surface area contributed by atoms with Crippen molar-refractivity contribution < 1.29 is 19.1 Å². The van der Waals surface area contributed by atoms with Crippen molar-refractivity contribution >= 4 is 11.9 Å². The molecule has 5 heteroatoms. The summed E-state index contributed by atoms with van der Waals surface area (Å²) in [5, 5.41) is 0. The number of amides is 1. The van der Waals surface area contributed by atoms with Gasteiger partial charge in [-0.05, 0) is 26.2 Å². The summed E-state index contributed by atoms with van der Waals surface area (Å²) in [6, 6.07) is 0. The van der Waals surface area contributed by atoms with Crippen molar-refractivity contribution in [1.82, 2.24) is 4.90 Å². The monoisotopic (exact) mass is 287 g/mol. The van der Waals surface area contributed by atoms with Gasteiger partial charge in [-0.25, -0.2) is 0 Å². The Labute approximate surface area is 122 Å². The Hall–Kier alpha value is -1.10. The van der Waals surface area contributed by atoms with Gasteiger partial charge in [0.2, 0.25) is 5.91 Å². The van der Waals surface area contributed by atoms with Crippen LogP contribution in [0.15, 0.2) is 0 Å². The fraction of sp³-hybridized carbons (Fsp3) is 0.867. The first-order chi connectivity index (χ1) is 9.60. The lowest BCUT2D eigenvalue weighted by Crippen LogP contribution is -2.38. The highest BCUT2D eigenvalue weighted by atomic mass is 16.5. The Bertz CT molecular complexity index is 277. The maximum Gasteiger partial charge on any atom is 0.307 e. The predicted molar refractivity (Wildman–Crippen MR) is 78.4 cm³/mol. The quantitative estimate of drug-likeness (QED) is 0.432. The number of nitrogens with zero attached hydrogens (tertiary/aromatic N) is 1. The molecular weight excluding hydrogens is 258 g/mol. The van der Waals surface area contributed by atoms with Gasteiger partial charge in [-0.2, -0.15) is 0 Å². The molecular formula is C15H29NO4. The van der Waals surface area contributed by atoms with E-state index in [1.54, 1.807) is 4.90 Å². The van der Waals surface area contributed by atoms with Crippen LogP contribution in [0.1, 0.15) is 46.5 Å². The summed E-state index contributed by atoms with van der Waals surface area (Å²) in [5.74, 6) is -0.104. The molecule has 0 rings (SSSR count). The van der Waals surface area contributed by atoms with E-state index in [1.165, 1.54) is 7.11 Å². The minimum absolute atomic E-state index is 0.0414. The standard InChI is InChI=1S/C15H29NO4/c1-5-13(6-2)15(18)16(10-8-12-20-7-3)11-9-14(17)19-4/h13H,5-12H2,1-4H3. The molecule has 0 spiro atoms. The first kappa shape index (κ1) is 18.9. The topological polar surface area (TPSA) is 55.8 Å². The minimum Gasteiger partial charge on any atom is -0.469 e. The molecule has 0 aromatic heterocycles. The third-order valence-electron chi connectivity index (χ3n) is 3.38. The second-order valence-corrected chi connectivity index (χ2v) is 4.72. The average molecular weight is 287 g/mol. The van der Waals surface area contributed by atoms with Gasteiger partial charge in [-0.3, -0.25) is 9.59 Å².